The number of aryl methyl sites for hydroxylation is 1. The molecule has 1 aromatic heterocycles. The Bertz CT molecular complexity index is 497. The lowest BCUT2D eigenvalue weighted by molar-refractivity contribution is 0.434. The van der Waals surface area contributed by atoms with Crippen LogP contribution < -0.4 is 5.73 Å². The lowest BCUT2D eigenvalue weighted by Gasteiger charge is -2.05. The van der Waals surface area contributed by atoms with E-state index in [1.165, 1.54) is 5.56 Å². The Morgan fingerprint density at radius 3 is 2.47 bits per heavy atom. The van der Waals surface area contributed by atoms with Crippen LogP contribution in [0.15, 0.2) is 28.8 Å². The third kappa shape index (κ3) is 2.49. The molecule has 0 fully saturated rings. The van der Waals surface area contributed by atoms with Gasteiger partial charge in [0.1, 0.15) is 0 Å². The third-order valence-electron chi connectivity index (χ3n) is 2.74. The number of nitrogen functional groups attached to an aromatic ring is 1. The zero-order chi connectivity index (χ0) is 12.4. The van der Waals surface area contributed by atoms with E-state index in [1.807, 2.05) is 12.1 Å². The third-order valence-corrected chi connectivity index (χ3v) is 2.74. The van der Waals surface area contributed by atoms with Gasteiger partial charge in [-0.15, -0.1) is 0 Å². The number of benzene rings is 1. The second-order valence-corrected chi connectivity index (χ2v) is 4.84. The minimum atomic E-state index is 0.509. The van der Waals surface area contributed by atoms with Gasteiger partial charge in [-0.25, -0.2) is 0 Å². The van der Waals surface area contributed by atoms with Crippen molar-refractivity contribution >= 4 is 5.82 Å². The molecule has 0 aliphatic rings. The van der Waals surface area contributed by atoms with Crippen LogP contribution in [0.5, 0.6) is 0 Å². The molecule has 0 saturated carbocycles. The zero-order valence-electron chi connectivity index (χ0n) is 10.5. The molecule has 0 radical (unpaired) electrons. The average Bonchev–Trinajstić information content (AvgIpc) is 2.61. The molecule has 0 atom stereocenters. The number of rotatable bonds is 3. The molecule has 0 unspecified atom stereocenters. The highest BCUT2D eigenvalue weighted by Gasteiger charge is 2.16. The van der Waals surface area contributed by atoms with Gasteiger partial charge >= 0.3 is 0 Å². The molecule has 90 valence electrons. The summed E-state index contributed by atoms with van der Waals surface area (Å²) in [6.45, 7) is 6.38. The fourth-order valence-corrected chi connectivity index (χ4v) is 1.86. The van der Waals surface area contributed by atoms with E-state index in [0.29, 0.717) is 11.7 Å². The van der Waals surface area contributed by atoms with E-state index in [4.69, 9.17) is 10.3 Å². The largest absolute Gasteiger partial charge is 0.381 e. The summed E-state index contributed by atoms with van der Waals surface area (Å²) in [6.07, 6.45) is 0.887. The molecule has 1 aromatic carbocycles. The maximum Gasteiger partial charge on any atom is 0.172 e. The molecule has 17 heavy (non-hydrogen) atoms. The maximum absolute atomic E-state index is 5.85. The Kier molecular flexibility index (Phi) is 3.18. The summed E-state index contributed by atoms with van der Waals surface area (Å²) in [5, 5.41) is 3.87. The molecule has 0 aliphatic carbocycles. The van der Waals surface area contributed by atoms with E-state index in [-0.39, 0.29) is 0 Å². The van der Waals surface area contributed by atoms with Crippen molar-refractivity contribution in [1.82, 2.24) is 5.16 Å². The molecule has 2 N–H and O–H groups in total. The van der Waals surface area contributed by atoms with Crippen molar-refractivity contribution in [2.24, 2.45) is 5.92 Å². The van der Waals surface area contributed by atoms with Gasteiger partial charge in [-0.05, 0) is 19.3 Å². The maximum atomic E-state index is 5.85. The number of anilines is 1. The normalized spacial score (nSPS) is 11.1. The SMILES string of the molecule is Cc1ccc(-c2onc(N)c2CC(C)C)cc1. The number of aromatic nitrogens is 1. The van der Waals surface area contributed by atoms with Crippen LogP contribution in [0.1, 0.15) is 25.0 Å². The Morgan fingerprint density at radius 2 is 1.88 bits per heavy atom. The van der Waals surface area contributed by atoms with Crippen LogP contribution in [0.25, 0.3) is 11.3 Å². The van der Waals surface area contributed by atoms with Gasteiger partial charge in [0, 0.05) is 11.1 Å². The first-order valence-corrected chi connectivity index (χ1v) is 5.89. The summed E-state index contributed by atoms with van der Waals surface area (Å²) in [5.41, 5.74) is 9.14. The summed E-state index contributed by atoms with van der Waals surface area (Å²) < 4.78 is 5.35. The van der Waals surface area contributed by atoms with Gasteiger partial charge in [-0.2, -0.15) is 0 Å². The minimum Gasteiger partial charge on any atom is -0.381 e. The smallest absolute Gasteiger partial charge is 0.172 e. The van der Waals surface area contributed by atoms with Crippen molar-refractivity contribution < 1.29 is 4.52 Å². The fourth-order valence-electron chi connectivity index (χ4n) is 1.86. The van der Waals surface area contributed by atoms with Crippen LogP contribution in [0.4, 0.5) is 5.82 Å². The Hall–Kier alpha value is -1.77. The molecule has 0 aliphatic heterocycles. The summed E-state index contributed by atoms with van der Waals surface area (Å²) >= 11 is 0. The number of nitrogens with zero attached hydrogens (tertiary/aromatic N) is 1. The van der Waals surface area contributed by atoms with E-state index in [1.54, 1.807) is 0 Å². The second-order valence-electron chi connectivity index (χ2n) is 4.84. The van der Waals surface area contributed by atoms with Gasteiger partial charge in [0.15, 0.2) is 11.6 Å². The first-order chi connectivity index (χ1) is 8.08. The molecule has 3 heteroatoms. The summed E-state index contributed by atoms with van der Waals surface area (Å²) in [4.78, 5) is 0. The van der Waals surface area contributed by atoms with Gasteiger partial charge in [0.05, 0.1) is 0 Å². The monoisotopic (exact) mass is 230 g/mol. The highest BCUT2D eigenvalue weighted by molar-refractivity contribution is 5.66. The number of hydrogen-bond donors (Lipinski definition) is 1. The quantitative estimate of drug-likeness (QED) is 0.878. The van der Waals surface area contributed by atoms with Crippen molar-refractivity contribution in [2.75, 3.05) is 5.73 Å². The van der Waals surface area contributed by atoms with Gasteiger partial charge in [0.2, 0.25) is 0 Å². The van der Waals surface area contributed by atoms with Crippen LogP contribution in [0.3, 0.4) is 0 Å². The molecule has 0 amide bonds. The lowest BCUT2D eigenvalue weighted by atomic mass is 9.99. The average molecular weight is 230 g/mol. The standard InChI is InChI=1S/C14H18N2O/c1-9(2)8-12-13(17-16-14(12)15)11-6-4-10(3)5-7-11/h4-7,9H,8H2,1-3H3,(H2,15,16). The molecule has 2 aromatic rings. The van der Waals surface area contributed by atoms with Gasteiger partial charge < -0.3 is 10.3 Å². The summed E-state index contributed by atoms with van der Waals surface area (Å²) in [6, 6.07) is 8.21. The fraction of sp³-hybridized carbons (Fsp3) is 0.357. The van der Waals surface area contributed by atoms with E-state index < -0.39 is 0 Å². The lowest BCUT2D eigenvalue weighted by Crippen LogP contribution is -1.98. The molecule has 2 rings (SSSR count). The number of hydrogen-bond acceptors (Lipinski definition) is 3. The van der Waals surface area contributed by atoms with Crippen LogP contribution in [-0.4, -0.2) is 5.16 Å². The van der Waals surface area contributed by atoms with Crippen molar-refractivity contribution in [2.45, 2.75) is 27.2 Å². The predicted molar refractivity (Wildman–Crippen MR) is 69.6 cm³/mol. The van der Waals surface area contributed by atoms with E-state index >= 15 is 0 Å². The molecule has 0 spiro atoms. The van der Waals surface area contributed by atoms with Gasteiger partial charge in [-0.1, -0.05) is 48.8 Å². The van der Waals surface area contributed by atoms with Crippen LogP contribution >= 0.6 is 0 Å². The summed E-state index contributed by atoms with van der Waals surface area (Å²) in [5.74, 6) is 1.84. The topological polar surface area (TPSA) is 52.0 Å². The molecule has 1 heterocycles. The summed E-state index contributed by atoms with van der Waals surface area (Å²) in [7, 11) is 0. The Balaban J connectivity index is 2.41. The number of nitrogens with two attached hydrogens (primary N) is 1. The molecular formula is C14H18N2O. The van der Waals surface area contributed by atoms with Crippen LogP contribution in [0.2, 0.25) is 0 Å². The van der Waals surface area contributed by atoms with Crippen molar-refractivity contribution in [3.8, 4) is 11.3 Å². The molecule has 0 saturated heterocycles. The highest BCUT2D eigenvalue weighted by atomic mass is 16.5. The minimum absolute atomic E-state index is 0.509. The van der Waals surface area contributed by atoms with Crippen molar-refractivity contribution in [3.63, 3.8) is 0 Å². The molecule has 3 nitrogen and oxygen atoms in total. The Morgan fingerprint density at radius 1 is 1.24 bits per heavy atom. The Labute approximate surface area is 102 Å². The van der Waals surface area contributed by atoms with E-state index in [2.05, 4.69) is 38.1 Å². The van der Waals surface area contributed by atoms with E-state index in [9.17, 15) is 0 Å². The van der Waals surface area contributed by atoms with Crippen molar-refractivity contribution in [1.29, 1.82) is 0 Å². The van der Waals surface area contributed by atoms with Gasteiger partial charge in [0.25, 0.3) is 0 Å². The molecular weight excluding hydrogens is 212 g/mol. The highest BCUT2D eigenvalue weighted by Crippen LogP contribution is 2.29. The van der Waals surface area contributed by atoms with Crippen LogP contribution in [-0.2, 0) is 6.42 Å². The van der Waals surface area contributed by atoms with Crippen molar-refractivity contribution in [3.05, 3.63) is 35.4 Å². The van der Waals surface area contributed by atoms with Gasteiger partial charge in [-0.3, -0.25) is 0 Å². The van der Waals surface area contributed by atoms with Crippen LogP contribution in [0, 0.1) is 12.8 Å². The zero-order valence-corrected chi connectivity index (χ0v) is 10.5. The van der Waals surface area contributed by atoms with E-state index in [0.717, 1.165) is 23.3 Å². The first kappa shape index (κ1) is 11.7. The first-order valence-electron chi connectivity index (χ1n) is 5.89. The second kappa shape index (κ2) is 4.62. The predicted octanol–water partition coefficient (Wildman–Crippen LogP) is 3.43. The molecule has 0 bridgehead atoms.